The molecule has 0 radical (unpaired) electrons. The summed E-state index contributed by atoms with van der Waals surface area (Å²) in [5.41, 5.74) is 5.29. The number of nitrogens with zero attached hydrogens (tertiary/aromatic N) is 5. The van der Waals surface area contributed by atoms with Crippen LogP contribution in [0.5, 0.6) is 0 Å². The van der Waals surface area contributed by atoms with Crippen LogP contribution in [0.4, 0.5) is 23.3 Å². The molecule has 2 aromatic carbocycles. The van der Waals surface area contributed by atoms with Crippen molar-refractivity contribution in [1.29, 1.82) is 0 Å². The van der Waals surface area contributed by atoms with Gasteiger partial charge in [-0.05, 0) is 30.2 Å². The number of rotatable bonds is 7. The quantitative estimate of drug-likeness (QED) is 0.231. The minimum atomic E-state index is -0.262. The third-order valence-electron chi connectivity index (χ3n) is 6.05. The molecule has 0 saturated carbocycles. The lowest BCUT2D eigenvalue weighted by molar-refractivity contribution is 0.102. The molecule has 3 heterocycles. The first kappa shape index (κ1) is 24.8. The molecule has 3 aromatic heterocycles. The molecule has 10 nitrogen and oxygen atoms in total. The van der Waals surface area contributed by atoms with Crippen molar-refractivity contribution in [2.45, 2.75) is 39.7 Å². The lowest BCUT2D eigenvalue weighted by Gasteiger charge is -2.14. The molecular formula is C28H29N9O. The summed E-state index contributed by atoms with van der Waals surface area (Å²) in [4.78, 5) is 30.7. The SMILES string of the molecule is Cc1ccc(C(=O)Nc2cc(C(C)(C)C)[nH]n2)cc1Nc1ncnc2cnc(NCc3ccccc3)nc12. The molecule has 0 unspecified atom stereocenters. The second-order valence-electron chi connectivity index (χ2n) is 10.0. The van der Waals surface area contributed by atoms with E-state index in [1.807, 2.05) is 49.4 Å². The Morgan fingerprint density at radius 3 is 2.58 bits per heavy atom. The molecule has 0 spiro atoms. The molecule has 4 N–H and O–H groups in total. The summed E-state index contributed by atoms with van der Waals surface area (Å²) in [6.07, 6.45) is 3.12. The van der Waals surface area contributed by atoms with Crippen molar-refractivity contribution < 1.29 is 4.79 Å². The fourth-order valence-electron chi connectivity index (χ4n) is 3.79. The molecule has 192 valence electrons. The highest BCUT2D eigenvalue weighted by Crippen LogP contribution is 2.26. The molecule has 0 fully saturated rings. The first-order valence-electron chi connectivity index (χ1n) is 12.3. The number of fused-ring (bicyclic) bond motifs is 1. The topological polar surface area (TPSA) is 133 Å². The van der Waals surface area contributed by atoms with Crippen molar-refractivity contribution in [1.82, 2.24) is 30.1 Å². The fourth-order valence-corrected chi connectivity index (χ4v) is 3.79. The van der Waals surface area contributed by atoms with Crippen molar-refractivity contribution in [3.8, 4) is 0 Å². The molecule has 0 aliphatic heterocycles. The summed E-state index contributed by atoms with van der Waals surface area (Å²) < 4.78 is 0. The average molecular weight is 508 g/mol. The maximum absolute atomic E-state index is 13.0. The summed E-state index contributed by atoms with van der Waals surface area (Å²) in [6, 6.07) is 17.3. The van der Waals surface area contributed by atoms with Crippen molar-refractivity contribution in [2.24, 2.45) is 0 Å². The molecule has 0 aliphatic rings. The van der Waals surface area contributed by atoms with E-state index in [1.54, 1.807) is 18.3 Å². The summed E-state index contributed by atoms with van der Waals surface area (Å²) in [6.45, 7) is 8.78. The first-order valence-corrected chi connectivity index (χ1v) is 12.3. The van der Waals surface area contributed by atoms with E-state index in [-0.39, 0.29) is 11.3 Å². The summed E-state index contributed by atoms with van der Waals surface area (Å²) in [7, 11) is 0. The third-order valence-corrected chi connectivity index (χ3v) is 6.05. The molecule has 10 heteroatoms. The minimum absolute atomic E-state index is 0.0995. The number of benzene rings is 2. The van der Waals surface area contributed by atoms with Gasteiger partial charge in [0.15, 0.2) is 11.6 Å². The van der Waals surface area contributed by atoms with Gasteiger partial charge < -0.3 is 16.0 Å². The Kier molecular flexibility index (Phi) is 6.69. The van der Waals surface area contributed by atoms with Crippen molar-refractivity contribution in [3.05, 3.63) is 89.5 Å². The molecule has 0 bridgehead atoms. The minimum Gasteiger partial charge on any atom is -0.350 e. The summed E-state index contributed by atoms with van der Waals surface area (Å²) in [5.74, 6) is 1.20. The Bertz CT molecular complexity index is 1590. The van der Waals surface area contributed by atoms with E-state index in [0.717, 1.165) is 22.5 Å². The normalized spacial score (nSPS) is 11.4. The second kappa shape index (κ2) is 10.3. The van der Waals surface area contributed by atoms with Gasteiger partial charge in [-0.2, -0.15) is 5.10 Å². The molecule has 0 atom stereocenters. The highest BCUT2D eigenvalue weighted by Gasteiger charge is 2.18. The maximum Gasteiger partial charge on any atom is 0.256 e. The zero-order chi connectivity index (χ0) is 26.7. The van der Waals surface area contributed by atoms with Crippen LogP contribution in [0.1, 0.15) is 48.0 Å². The van der Waals surface area contributed by atoms with E-state index in [9.17, 15) is 4.79 Å². The van der Waals surface area contributed by atoms with Gasteiger partial charge in [-0.1, -0.05) is 57.2 Å². The summed E-state index contributed by atoms with van der Waals surface area (Å²) >= 11 is 0. The van der Waals surface area contributed by atoms with Gasteiger partial charge in [-0.25, -0.2) is 19.9 Å². The zero-order valence-corrected chi connectivity index (χ0v) is 21.7. The Hall–Kier alpha value is -4.86. The molecular weight excluding hydrogens is 478 g/mol. The van der Waals surface area contributed by atoms with Crippen LogP contribution in [0.15, 0.2) is 67.1 Å². The maximum atomic E-state index is 13.0. The number of carbonyl (C=O) groups excluding carboxylic acids is 1. The second-order valence-corrected chi connectivity index (χ2v) is 10.0. The molecule has 0 aliphatic carbocycles. The van der Waals surface area contributed by atoms with E-state index >= 15 is 0 Å². The van der Waals surface area contributed by atoms with Crippen molar-refractivity contribution in [2.75, 3.05) is 16.0 Å². The van der Waals surface area contributed by atoms with E-state index in [1.165, 1.54) is 6.33 Å². The van der Waals surface area contributed by atoms with Crippen LogP contribution in [0.3, 0.4) is 0 Å². The van der Waals surface area contributed by atoms with E-state index in [0.29, 0.717) is 40.7 Å². The summed E-state index contributed by atoms with van der Waals surface area (Å²) in [5, 5.41) is 16.6. The van der Waals surface area contributed by atoms with Crippen LogP contribution in [-0.2, 0) is 12.0 Å². The van der Waals surface area contributed by atoms with E-state index in [2.05, 4.69) is 66.9 Å². The molecule has 0 saturated heterocycles. The molecule has 5 aromatic rings. The highest BCUT2D eigenvalue weighted by atomic mass is 16.1. The lowest BCUT2D eigenvalue weighted by Crippen LogP contribution is -2.13. The monoisotopic (exact) mass is 507 g/mol. The number of aromatic nitrogens is 6. The van der Waals surface area contributed by atoms with Crippen LogP contribution in [0, 0.1) is 6.92 Å². The van der Waals surface area contributed by atoms with Crippen LogP contribution >= 0.6 is 0 Å². The Morgan fingerprint density at radius 1 is 1.00 bits per heavy atom. The van der Waals surface area contributed by atoms with Gasteiger partial charge in [-0.15, -0.1) is 0 Å². The molecule has 5 rings (SSSR count). The predicted octanol–water partition coefficient (Wildman–Crippen LogP) is 5.36. The number of anilines is 4. The van der Waals surface area contributed by atoms with Gasteiger partial charge in [0.1, 0.15) is 17.4 Å². The van der Waals surface area contributed by atoms with Gasteiger partial charge in [0.05, 0.1) is 6.20 Å². The lowest BCUT2D eigenvalue weighted by atomic mass is 9.92. The number of carbonyl (C=O) groups is 1. The predicted molar refractivity (Wildman–Crippen MR) is 149 cm³/mol. The Morgan fingerprint density at radius 2 is 1.82 bits per heavy atom. The molecule has 38 heavy (non-hydrogen) atoms. The third kappa shape index (κ3) is 5.59. The standard InChI is InChI=1S/C28H29N9O/c1-17-10-11-19(26(38)34-23-13-22(36-37-23)28(2,3)4)12-20(17)33-25-24-21(31-16-32-25)15-30-27(35-24)29-14-18-8-6-5-7-9-18/h5-13,15-16H,14H2,1-4H3,(H,29,30,35)(H,31,32,33)(H2,34,36,37,38). The van der Waals surface area contributed by atoms with Crippen molar-refractivity contribution in [3.63, 3.8) is 0 Å². The van der Waals surface area contributed by atoms with E-state index in [4.69, 9.17) is 0 Å². The van der Waals surface area contributed by atoms with Gasteiger partial charge in [-0.3, -0.25) is 9.89 Å². The Balaban J connectivity index is 1.36. The van der Waals surface area contributed by atoms with Crippen LogP contribution < -0.4 is 16.0 Å². The van der Waals surface area contributed by atoms with Crippen LogP contribution in [0.2, 0.25) is 0 Å². The number of hydrogen-bond donors (Lipinski definition) is 4. The first-order chi connectivity index (χ1) is 18.3. The number of amides is 1. The fraction of sp³-hybridized carbons (Fsp3) is 0.214. The van der Waals surface area contributed by atoms with Gasteiger partial charge in [0, 0.05) is 35.0 Å². The molecule has 1 amide bonds. The smallest absolute Gasteiger partial charge is 0.256 e. The average Bonchev–Trinajstić information content (AvgIpc) is 3.39. The number of aryl methyl sites for hydroxylation is 1. The van der Waals surface area contributed by atoms with Crippen molar-refractivity contribution >= 4 is 40.2 Å². The number of nitrogens with one attached hydrogen (secondary N) is 4. The Labute approximate surface area is 220 Å². The zero-order valence-electron chi connectivity index (χ0n) is 21.7. The largest absolute Gasteiger partial charge is 0.350 e. The number of hydrogen-bond acceptors (Lipinski definition) is 8. The van der Waals surface area contributed by atoms with Gasteiger partial charge in [0.2, 0.25) is 5.95 Å². The van der Waals surface area contributed by atoms with Crippen LogP contribution in [0.25, 0.3) is 11.0 Å². The number of aromatic amines is 1. The van der Waals surface area contributed by atoms with E-state index < -0.39 is 0 Å². The van der Waals surface area contributed by atoms with Crippen LogP contribution in [-0.4, -0.2) is 36.0 Å². The number of H-pyrrole nitrogens is 1. The van der Waals surface area contributed by atoms with Gasteiger partial charge in [0.25, 0.3) is 5.91 Å². The highest BCUT2D eigenvalue weighted by molar-refractivity contribution is 6.04. The van der Waals surface area contributed by atoms with Gasteiger partial charge >= 0.3 is 0 Å².